The van der Waals surface area contributed by atoms with Crippen molar-refractivity contribution >= 4 is 21.8 Å². The summed E-state index contributed by atoms with van der Waals surface area (Å²) in [6.07, 6.45) is 19.3. The number of fused-ring (bicyclic) bond motifs is 8. The van der Waals surface area contributed by atoms with E-state index < -0.39 is 12.2 Å². The number of aliphatic hydroxyl groups excluding tert-OH is 2. The Kier molecular flexibility index (Phi) is 13.1. The Morgan fingerprint density at radius 1 is 0.607 bits per heavy atom. The monoisotopic (exact) mass is 763 g/mol. The van der Waals surface area contributed by atoms with Gasteiger partial charge >= 0.3 is 0 Å². The molecule has 0 saturated carbocycles. The lowest BCUT2D eigenvalue weighted by molar-refractivity contribution is -0.0562. The predicted octanol–water partition coefficient (Wildman–Crippen LogP) is 9.67. The van der Waals surface area contributed by atoms with Crippen molar-refractivity contribution in [2.24, 2.45) is 23.7 Å². The van der Waals surface area contributed by atoms with Crippen molar-refractivity contribution in [3.05, 3.63) is 72.1 Å². The molecule has 8 heterocycles. The Hall–Kier alpha value is -3.30. The van der Waals surface area contributed by atoms with Crippen molar-refractivity contribution < 1.29 is 19.7 Å². The van der Waals surface area contributed by atoms with Gasteiger partial charge in [-0.15, -0.1) is 0 Å². The standard InChI is InChI=1S/C48H66N4O4/c1-3-33-31-51-23-19-35(33)27-45(51)47(53)39-17-21-49-43-15-13-37(29-41(39)43)55-25-11-9-7-5-6-8-10-12-26-56-38-14-16-44-42(30-38)40(18-22-50-44)48(54)46-28-36-20-24-52(46)32-34(36)4-2/h13-18,21-22,29-30,33-36,45-48,53-54H,3-12,19-20,23-28,31-32H2,1-2H3/t33-,34+,35-,36+,45-,46-,47?,48?/m1/s1. The van der Waals surface area contributed by atoms with E-state index in [1.54, 1.807) is 0 Å². The number of piperidine rings is 6. The quantitative estimate of drug-likeness (QED) is 0.0914. The molecular formula is C48H66N4O4. The van der Waals surface area contributed by atoms with Crippen LogP contribution in [0.4, 0.5) is 0 Å². The van der Waals surface area contributed by atoms with Crippen LogP contribution >= 0.6 is 0 Å². The van der Waals surface area contributed by atoms with Crippen LogP contribution in [0.25, 0.3) is 21.8 Å². The minimum absolute atomic E-state index is 0.192. The van der Waals surface area contributed by atoms with E-state index in [-0.39, 0.29) is 12.1 Å². The van der Waals surface area contributed by atoms with Crippen molar-refractivity contribution in [1.29, 1.82) is 0 Å². The number of pyridine rings is 2. The molecule has 4 bridgehead atoms. The molecule has 8 heteroatoms. The van der Waals surface area contributed by atoms with Crippen LogP contribution in [0.3, 0.4) is 0 Å². The highest BCUT2D eigenvalue weighted by atomic mass is 16.5. The van der Waals surface area contributed by atoms with Gasteiger partial charge in [-0.25, -0.2) is 0 Å². The van der Waals surface area contributed by atoms with Gasteiger partial charge in [-0.2, -0.15) is 0 Å². The largest absolute Gasteiger partial charge is 0.494 e. The third kappa shape index (κ3) is 8.74. The SMILES string of the molecule is CC[C@@H]1CN2CC[C@@H]1C[C@@H]2C(O)c1ccnc2ccc(OCCCCCCCCCCOc3ccc4nccc(C(O)[C@H]5C[C@@H]6CCN5C[C@@H]6CC)c4c3)cc12. The lowest BCUT2D eigenvalue weighted by atomic mass is 9.72. The molecule has 8 nitrogen and oxygen atoms in total. The fraction of sp³-hybridized carbons (Fsp3) is 0.625. The maximum absolute atomic E-state index is 11.6. The summed E-state index contributed by atoms with van der Waals surface area (Å²) in [5.74, 6) is 4.76. The van der Waals surface area contributed by atoms with Gasteiger partial charge in [-0.05, 0) is 135 Å². The molecule has 6 saturated heterocycles. The highest BCUT2D eigenvalue weighted by molar-refractivity contribution is 5.84. The number of rotatable bonds is 19. The number of unbranched alkanes of at least 4 members (excludes halogenated alkanes) is 7. The van der Waals surface area contributed by atoms with Gasteiger partial charge in [0.05, 0.1) is 36.5 Å². The maximum Gasteiger partial charge on any atom is 0.120 e. The van der Waals surface area contributed by atoms with E-state index in [0.717, 1.165) is 120 Å². The van der Waals surface area contributed by atoms with Crippen molar-refractivity contribution in [2.75, 3.05) is 39.4 Å². The van der Waals surface area contributed by atoms with E-state index in [1.807, 2.05) is 48.8 Å². The Morgan fingerprint density at radius 2 is 1.04 bits per heavy atom. The van der Waals surface area contributed by atoms with Gasteiger partial charge in [0.2, 0.25) is 0 Å². The normalized spacial score (nSPS) is 28.1. The smallest absolute Gasteiger partial charge is 0.120 e. The molecule has 2 N–H and O–H groups in total. The third-order valence-corrected chi connectivity index (χ3v) is 14.4. The second kappa shape index (κ2) is 18.5. The van der Waals surface area contributed by atoms with Gasteiger partial charge in [0.1, 0.15) is 11.5 Å². The Balaban J connectivity index is 0.720. The Bertz CT molecular complexity index is 1750. The van der Waals surface area contributed by atoms with Crippen molar-refractivity contribution in [3.63, 3.8) is 0 Å². The number of hydrogen-bond donors (Lipinski definition) is 2. The number of hydrogen-bond acceptors (Lipinski definition) is 8. The molecule has 302 valence electrons. The third-order valence-electron chi connectivity index (χ3n) is 14.4. The van der Waals surface area contributed by atoms with Crippen LogP contribution in [0.1, 0.15) is 127 Å². The zero-order valence-electron chi connectivity index (χ0n) is 34.0. The van der Waals surface area contributed by atoms with Crippen molar-refractivity contribution in [1.82, 2.24) is 19.8 Å². The van der Waals surface area contributed by atoms with Crippen LogP contribution in [0, 0.1) is 23.7 Å². The minimum atomic E-state index is -0.506. The molecule has 0 amide bonds. The van der Waals surface area contributed by atoms with E-state index in [2.05, 4.69) is 45.7 Å². The Morgan fingerprint density at radius 3 is 1.43 bits per heavy atom. The second-order valence-corrected chi connectivity index (χ2v) is 17.6. The van der Waals surface area contributed by atoms with E-state index in [1.165, 1.54) is 64.2 Å². The van der Waals surface area contributed by atoms with Crippen molar-refractivity contribution in [2.45, 2.75) is 128 Å². The number of aliphatic hydroxyl groups is 2. The van der Waals surface area contributed by atoms with Crippen LogP contribution in [0.5, 0.6) is 11.5 Å². The van der Waals surface area contributed by atoms with E-state index in [4.69, 9.17) is 9.47 Å². The summed E-state index contributed by atoms with van der Waals surface area (Å²) >= 11 is 0. The average Bonchev–Trinajstić information content (AvgIpc) is 3.25. The molecule has 6 aliphatic rings. The van der Waals surface area contributed by atoms with Crippen LogP contribution in [-0.4, -0.2) is 81.5 Å². The first-order valence-electron chi connectivity index (χ1n) is 22.4. The number of aromatic nitrogens is 2. The lowest BCUT2D eigenvalue weighted by Crippen LogP contribution is -2.55. The van der Waals surface area contributed by atoms with Gasteiger partial charge in [0.15, 0.2) is 0 Å². The molecule has 4 aromatic rings. The highest BCUT2D eigenvalue weighted by Gasteiger charge is 2.44. The summed E-state index contributed by atoms with van der Waals surface area (Å²) in [4.78, 5) is 14.3. The number of ether oxygens (including phenoxy) is 2. The first kappa shape index (κ1) is 39.5. The second-order valence-electron chi connectivity index (χ2n) is 17.6. The first-order valence-corrected chi connectivity index (χ1v) is 22.4. The average molecular weight is 763 g/mol. The van der Waals surface area contributed by atoms with Crippen LogP contribution in [-0.2, 0) is 0 Å². The molecule has 4 unspecified atom stereocenters. The maximum atomic E-state index is 11.6. The van der Waals surface area contributed by atoms with Gasteiger partial charge in [0, 0.05) is 48.3 Å². The molecule has 0 spiro atoms. The summed E-state index contributed by atoms with van der Waals surface area (Å²) in [6.45, 7) is 10.5. The first-order chi connectivity index (χ1) is 27.5. The molecular weight excluding hydrogens is 697 g/mol. The molecule has 56 heavy (non-hydrogen) atoms. The van der Waals surface area contributed by atoms with Gasteiger partial charge in [0.25, 0.3) is 0 Å². The summed E-state index contributed by atoms with van der Waals surface area (Å²) in [6, 6.07) is 16.7. The fourth-order valence-corrected chi connectivity index (χ4v) is 11.0. The minimum Gasteiger partial charge on any atom is -0.494 e. The predicted molar refractivity (Wildman–Crippen MR) is 225 cm³/mol. The zero-order valence-corrected chi connectivity index (χ0v) is 34.0. The van der Waals surface area contributed by atoms with E-state index in [9.17, 15) is 10.2 Å². The summed E-state index contributed by atoms with van der Waals surface area (Å²) in [5, 5.41) is 25.3. The molecule has 6 fully saturated rings. The van der Waals surface area contributed by atoms with Gasteiger partial charge < -0.3 is 19.7 Å². The molecule has 6 aliphatic heterocycles. The molecule has 2 aromatic carbocycles. The van der Waals surface area contributed by atoms with Gasteiger partial charge in [-0.1, -0.05) is 65.2 Å². The van der Waals surface area contributed by atoms with Crippen LogP contribution in [0.15, 0.2) is 60.9 Å². The van der Waals surface area contributed by atoms with E-state index >= 15 is 0 Å². The highest BCUT2D eigenvalue weighted by Crippen LogP contribution is 2.44. The van der Waals surface area contributed by atoms with Gasteiger partial charge in [-0.3, -0.25) is 19.8 Å². The zero-order chi connectivity index (χ0) is 38.4. The topological polar surface area (TPSA) is 91.2 Å². The fourth-order valence-electron chi connectivity index (χ4n) is 11.0. The summed E-state index contributed by atoms with van der Waals surface area (Å²) < 4.78 is 12.4. The summed E-state index contributed by atoms with van der Waals surface area (Å²) in [5.41, 5.74) is 3.81. The molecule has 0 radical (unpaired) electrons. The Labute approximate surface area is 335 Å². The van der Waals surface area contributed by atoms with Crippen LogP contribution < -0.4 is 9.47 Å². The van der Waals surface area contributed by atoms with Crippen LogP contribution in [0.2, 0.25) is 0 Å². The molecule has 10 atom stereocenters. The van der Waals surface area contributed by atoms with Crippen molar-refractivity contribution in [3.8, 4) is 11.5 Å². The number of benzene rings is 2. The lowest BCUT2D eigenvalue weighted by Gasteiger charge is -2.51. The molecule has 10 rings (SSSR count). The number of nitrogens with zero attached hydrogens (tertiary/aromatic N) is 4. The summed E-state index contributed by atoms with van der Waals surface area (Å²) in [7, 11) is 0. The van der Waals surface area contributed by atoms with E-state index in [0.29, 0.717) is 13.2 Å². The molecule has 0 aliphatic carbocycles. The molecule has 2 aromatic heterocycles.